The number of anilines is 1. The van der Waals surface area contributed by atoms with E-state index in [-0.39, 0.29) is 22.7 Å². The number of ether oxygens (including phenoxy) is 1. The number of unbranched alkanes of at least 4 members (excludes halogenated alkanes) is 1. The maximum atomic E-state index is 13.8. The highest BCUT2D eigenvalue weighted by atomic mass is 28.3. The van der Waals surface area contributed by atoms with Crippen LogP contribution < -0.4 is 10.1 Å². The van der Waals surface area contributed by atoms with Gasteiger partial charge in [0, 0.05) is 29.2 Å². The topological polar surface area (TPSA) is 47.6 Å². The Morgan fingerprint density at radius 2 is 1.51 bits per heavy atom. The Labute approximate surface area is 286 Å². The first-order valence-corrected chi connectivity index (χ1v) is 21.0. The molecule has 254 valence electrons. The van der Waals surface area contributed by atoms with Gasteiger partial charge in [0.1, 0.15) is 11.5 Å². The van der Waals surface area contributed by atoms with Crippen molar-refractivity contribution in [2.24, 2.45) is 17.3 Å². The van der Waals surface area contributed by atoms with Gasteiger partial charge in [-0.3, -0.25) is 4.79 Å². The van der Waals surface area contributed by atoms with Gasteiger partial charge in [-0.05, 0) is 97.2 Å². The minimum atomic E-state index is -1.13. The van der Waals surface area contributed by atoms with Gasteiger partial charge in [-0.15, -0.1) is 0 Å². The second kappa shape index (κ2) is 15.1. The van der Waals surface area contributed by atoms with E-state index in [2.05, 4.69) is 90.3 Å². The molecule has 0 saturated heterocycles. The molecule has 2 unspecified atom stereocenters. The van der Waals surface area contributed by atoms with Crippen molar-refractivity contribution in [1.82, 2.24) is 0 Å². The molecule has 2 aliphatic rings. The summed E-state index contributed by atoms with van der Waals surface area (Å²) in [6.45, 7) is 18.6. The van der Waals surface area contributed by atoms with E-state index in [0.717, 1.165) is 47.1 Å². The number of carbonyl (C=O) groups excluding carboxylic acids is 1. The van der Waals surface area contributed by atoms with Crippen LogP contribution in [-0.2, 0) is 21.1 Å². The van der Waals surface area contributed by atoms with Crippen LogP contribution in [0.3, 0.4) is 0 Å². The molecule has 1 heterocycles. The van der Waals surface area contributed by atoms with E-state index >= 15 is 0 Å². The molecule has 4 nitrogen and oxygen atoms in total. The molecule has 3 aromatic rings. The Bertz CT molecular complexity index is 1450. The summed E-state index contributed by atoms with van der Waals surface area (Å²) < 4.78 is 13.0. The average Bonchev–Trinajstić information content (AvgIpc) is 3.54. The monoisotopic (exact) mass is 653 g/mol. The van der Waals surface area contributed by atoms with Crippen LogP contribution in [0.5, 0.6) is 11.5 Å². The Morgan fingerprint density at radius 3 is 2.09 bits per heavy atom. The number of nitrogens with one attached hydrogen (secondary N) is 1. The second-order valence-corrected chi connectivity index (χ2v) is 18.9. The Kier molecular flexibility index (Phi) is 11.4. The zero-order valence-electron chi connectivity index (χ0n) is 30.3. The predicted octanol–water partition coefficient (Wildman–Crippen LogP) is 11.2. The van der Waals surface area contributed by atoms with Crippen LogP contribution in [0.4, 0.5) is 5.69 Å². The molecule has 0 aromatic heterocycles. The zero-order valence-corrected chi connectivity index (χ0v) is 31.5. The lowest BCUT2D eigenvalue weighted by atomic mass is 9.71. The summed E-state index contributed by atoms with van der Waals surface area (Å²) in [5.41, 5.74) is 5.68. The third-order valence-electron chi connectivity index (χ3n) is 10.4. The lowest BCUT2D eigenvalue weighted by Crippen LogP contribution is -2.41. The smallest absolute Gasteiger partial charge is 0.225 e. The third-order valence-corrected chi connectivity index (χ3v) is 11.3. The maximum absolute atomic E-state index is 13.8. The van der Waals surface area contributed by atoms with Gasteiger partial charge in [0.2, 0.25) is 5.91 Å². The fourth-order valence-electron chi connectivity index (χ4n) is 8.04. The number of benzene rings is 3. The van der Waals surface area contributed by atoms with Crippen LogP contribution in [0.15, 0.2) is 66.7 Å². The number of carbonyl (C=O) groups is 1. The van der Waals surface area contributed by atoms with Gasteiger partial charge in [0.25, 0.3) is 0 Å². The number of amides is 1. The fraction of sp³-hybridized carbons (Fsp3) is 0.548. The predicted molar refractivity (Wildman–Crippen MR) is 199 cm³/mol. The molecule has 1 aliphatic heterocycles. The summed E-state index contributed by atoms with van der Waals surface area (Å²) in [4.78, 5) is 13.8. The molecule has 1 N–H and O–H groups in total. The molecular weight excluding hydrogens is 595 g/mol. The van der Waals surface area contributed by atoms with E-state index in [1.54, 1.807) is 0 Å². The molecule has 1 saturated carbocycles. The largest absolute Gasteiger partial charge is 0.457 e. The van der Waals surface area contributed by atoms with Crippen LogP contribution in [0.2, 0.25) is 13.1 Å². The van der Waals surface area contributed by atoms with Crippen LogP contribution in [0.25, 0.3) is 0 Å². The summed E-state index contributed by atoms with van der Waals surface area (Å²) in [5, 5.41) is 3.37. The van der Waals surface area contributed by atoms with Gasteiger partial charge >= 0.3 is 0 Å². The average molecular weight is 654 g/mol. The van der Waals surface area contributed by atoms with E-state index in [9.17, 15) is 4.79 Å². The molecule has 5 rings (SSSR count). The summed E-state index contributed by atoms with van der Waals surface area (Å²) in [6, 6.07) is 22.9. The lowest BCUT2D eigenvalue weighted by molar-refractivity contribution is -0.116. The maximum Gasteiger partial charge on any atom is 0.225 e. The molecular formula is C42H59NO3Si. The summed E-state index contributed by atoms with van der Waals surface area (Å²) in [5.74, 6) is 2.96. The van der Waals surface area contributed by atoms with Gasteiger partial charge < -0.3 is 14.5 Å². The molecule has 2 atom stereocenters. The van der Waals surface area contributed by atoms with Gasteiger partial charge in [-0.1, -0.05) is 109 Å². The molecule has 0 radical (unpaired) electrons. The van der Waals surface area contributed by atoms with Crippen LogP contribution >= 0.6 is 0 Å². The van der Waals surface area contributed by atoms with E-state index in [1.165, 1.54) is 49.7 Å². The molecule has 3 aromatic carbocycles. The minimum absolute atomic E-state index is 0.0313. The number of fused-ring (bicyclic) bond motifs is 2. The fourth-order valence-corrected chi connectivity index (χ4v) is 9.08. The Hall–Kier alpha value is -2.89. The van der Waals surface area contributed by atoms with Crippen molar-refractivity contribution >= 4 is 20.6 Å². The Morgan fingerprint density at radius 1 is 0.894 bits per heavy atom. The lowest BCUT2D eigenvalue weighted by Gasteiger charge is -2.41. The number of hydrogen-bond donors (Lipinski definition) is 1. The second-order valence-electron chi connectivity index (χ2n) is 16.5. The highest BCUT2D eigenvalue weighted by Gasteiger charge is 2.38. The first-order valence-electron chi connectivity index (χ1n) is 18.3. The zero-order chi connectivity index (χ0) is 33.8. The van der Waals surface area contributed by atoms with Crippen LogP contribution in [0, 0.1) is 17.3 Å². The van der Waals surface area contributed by atoms with E-state index < -0.39 is 9.04 Å². The van der Waals surface area contributed by atoms with E-state index in [0.29, 0.717) is 18.4 Å². The standard InChI is InChI=1S/C42H59NO3Si/c1-41(2,3)34-26-25-29(17-9-14-22-35(42(4,5)6)40(46-47(7)8)30-18-10-11-19-30)27-36(34)43-39(44)28-33-31-20-12-15-23-37(31)45-38-24-16-13-21-32(33)38/h12-13,15-16,20-21,23-27,30,33,35,40,47H,9-11,14,17-19,22,28H2,1-8H3,(H,43,44). The molecule has 1 amide bonds. The molecule has 0 spiro atoms. The molecule has 1 fully saturated rings. The molecule has 5 heteroatoms. The van der Waals surface area contributed by atoms with Gasteiger partial charge in [0.05, 0.1) is 6.10 Å². The molecule has 1 aliphatic carbocycles. The quantitative estimate of drug-likeness (QED) is 0.156. The SMILES string of the molecule is C[SiH](C)OC(C1CCCC1)C(CCCCc1ccc(C(C)(C)C)c(NC(=O)CC2c3ccccc3Oc3ccccc32)c1)C(C)(C)C. The van der Waals surface area contributed by atoms with Crippen LogP contribution in [0.1, 0.15) is 121 Å². The summed E-state index contributed by atoms with van der Waals surface area (Å²) >= 11 is 0. The van der Waals surface area contributed by atoms with E-state index in [4.69, 9.17) is 9.16 Å². The number of hydrogen-bond acceptors (Lipinski definition) is 3. The van der Waals surface area contributed by atoms with Gasteiger partial charge in [-0.25, -0.2) is 0 Å². The van der Waals surface area contributed by atoms with Crippen LogP contribution in [-0.4, -0.2) is 21.1 Å². The van der Waals surface area contributed by atoms with Crippen molar-refractivity contribution in [3.63, 3.8) is 0 Å². The first kappa shape index (κ1) is 35.4. The number of para-hydroxylation sites is 2. The number of aryl methyl sites for hydroxylation is 1. The van der Waals surface area contributed by atoms with E-state index in [1.807, 2.05) is 36.4 Å². The normalized spacial score (nSPS) is 16.8. The van der Waals surface area contributed by atoms with Crippen molar-refractivity contribution in [3.8, 4) is 11.5 Å². The molecule has 0 bridgehead atoms. The minimum Gasteiger partial charge on any atom is -0.457 e. The third kappa shape index (κ3) is 8.97. The Balaban J connectivity index is 1.28. The molecule has 47 heavy (non-hydrogen) atoms. The van der Waals surface area contributed by atoms with Crippen molar-refractivity contribution < 1.29 is 14.0 Å². The van der Waals surface area contributed by atoms with Crippen molar-refractivity contribution in [2.45, 2.75) is 130 Å². The van der Waals surface area contributed by atoms with Gasteiger partial charge in [0.15, 0.2) is 9.04 Å². The first-order chi connectivity index (χ1) is 22.3. The highest BCUT2D eigenvalue weighted by molar-refractivity contribution is 6.48. The summed E-state index contributed by atoms with van der Waals surface area (Å²) in [6.07, 6.45) is 10.7. The van der Waals surface area contributed by atoms with Crippen molar-refractivity contribution in [3.05, 3.63) is 89.0 Å². The van der Waals surface area contributed by atoms with Crippen molar-refractivity contribution in [1.29, 1.82) is 0 Å². The highest BCUT2D eigenvalue weighted by Crippen LogP contribution is 2.46. The number of rotatable bonds is 12. The van der Waals surface area contributed by atoms with Crippen molar-refractivity contribution in [2.75, 3.05) is 5.32 Å². The van der Waals surface area contributed by atoms with Gasteiger partial charge in [-0.2, -0.15) is 0 Å². The summed E-state index contributed by atoms with van der Waals surface area (Å²) in [7, 11) is -1.13.